The van der Waals surface area contributed by atoms with Gasteiger partial charge in [0.05, 0.1) is 0 Å². The van der Waals surface area contributed by atoms with E-state index in [4.69, 9.17) is 5.73 Å². The van der Waals surface area contributed by atoms with Crippen molar-refractivity contribution in [3.05, 3.63) is 0 Å². The van der Waals surface area contributed by atoms with Crippen molar-refractivity contribution in [1.82, 2.24) is 9.80 Å². The van der Waals surface area contributed by atoms with Crippen LogP contribution >= 0.6 is 0 Å². The van der Waals surface area contributed by atoms with E-state index in [1.54, 1.807) is 4.90 Å². The summed E-state index contributed by atoms with van der Waals surface area (Å²) in [5.74, 6) is 0.232. The fourth-order valence-corrected chi connectivity index (χ4v) is 2.19. The summed E-state index contributed by atoms with van der Waals surface area (Å²) in [6.07, 6.45) is 2.78. The molecule has 0 bridgehead atoms. The van der Waals surface area contributed by atoms with Crippen LogP contribution in [-0.4, -0.2) is 61.3 Å². The van der Waals surface area contributed by atoms with Crippen LogP contribution in [0.1, 0.15) is 19.8 Å². The van der Waals surface area contributed by atoms with Crippen molar-refractivity contribution in [2.75, 3.05) is 39.3 Å². The predicted octanol–water partition coefficient (Wildman–Crippen LogP) is -0.295. The highest BCUT2D eigenvalue weighted by Gasteiger charge is 2.28. The van der Waals surface area contributed by atoms with E-state index in [9.17, 15) is 9.59 Å². The summed E-state index contributed by atoms with van der Waals surface area (Å²) >= 11 is 0. The number of hydrogen-bond acceptors (Lipinski definition) is 4. The molecule has 98 valence electrons. The Morgan fingerprint density at radius 1 is 1.41 bits per heavy atom. The van der Waals surface area contributed by atoms with Crippen LogP contribution in [0.2, 0.25) is 0 Å². The van der Waals surface area contributed by atoms with Gasteiger partial charge in [0.1, 0.15) is 0 Å². The second-order valence-corrected chi connectivity index (χ2v) is 4.62. The Hall–Kier alpha value is -0.940. The molecule has 17 heavy (non-hydrogen) atoms. The largest absolute Gasteiger partial charge is 0.336 e. The third-order valence-corrected chi connectivity index (χ3v) is 3.16. The SMILES string of the molecule is CCN.O=CC(=O)N1CC[C@H](CN2CCC2)C1. The van der Waals surface area contributed by atoms with Gasteiger partial charge >= 0.3 is 0 Å². The van der Waals surface area contributed by atoms with Crippen LogP contribution in [0.5, 0.6) is 0 Å². The minimum absolute atomic E-state index is 0.351. The lowest BCUT2D eigenvalue weighted by molar-refractivity contribution is -0.138. The van der Waals surface area contributed by atoms with Crippen molar-refractivity contribution in [3.63, 3.8) is 0 Å². The van der Waals surface area contributed by atoms with Gasteiger partial charge in [-0.2, -0.15) is 0 Å². The smallest absolute Gasteiger partial charge is 0.286 e. The maximum absolute atomic E-state index is 11.1. The second-order valence-electron chi connectivity index (χ2n) is 4.62. The van der Waals surface area contributed by atoms with Gasteiger partial charge < -0.3 is 15.5 Å². The molecule has 5 heteroatoms. The molecule has 1 atom stereocenters. The summed E-state index contributed by atoms with van der Waals surface area (Å²) in [5, 5.41) is 0. The minimum Gasteiger partial charge on any atom is -0.336 e. The van der Waals surface area contributed by atoms with E-state index in [-0.39, 0.29) is 5.91 Å². The molecule has 0 aromatic rings. The van der Waals surface area contributed by atoms with Crippen molar-refractivity contribution in [1.29, 1.82) is 0 Å². The van der Waals surface area contributed by atoms with E-state index in [0.717, 1.165) is 32.6 Å². The molecule has 2 heterocycles. The Labute approximate surface area is 103 Å². The molecular formula is C12H23N3O2. The van der Waals surface area contributed by atoms with E-state index in [1.165, 1.54) is 19.5 Å². The first-order valence-electron chi connectivity index (χ1n) is 6.37. The molecule has 0 aromatic carbocycles. The first-order chi connectivity index (χ1) is 8.21. The standard InChI is InChI=1S/C10H16N2O2.C2H7N/c13-8-10(14)12-5-2-9(7-12)6-11-3-1-4-11;1-2-3/h8-9H,1-7H2;2-3H2,1H3/t9-;/m1./s1. The molecule has 0 unspecified atom stereocenters. The summed E-state index contributed by atoms with van der Waals surface area (Å²) in [4.78, 5) is 25.4. The van der Waals surface area contributed by atoms with Gasteiger partial charge in [-0.25, -0.2) is 0 Å². The number of amides is 1. The van der Waals surface area contributed by atoms with Crippen molar-refractivity contribution < 1.29 is 9.59 Å². The zero-order valence-electron chi connectivity index (χ0n) is 10.6. The summed E-state index contributed by atoms with van der Waals surface area (Å²) in [6, 6.07) is 0. The lowest BCUT2D eigenvalue weighted by atomic mass is 10.1. The van der Waals surface area contributed by atoms with E-state index in [2.05, 4.69) is 4.90 Å². The van der Waals surface area contributed by atoms with Crippen molar-refractivity contribution in [3.8, 4) is 0 Å². The number of carbonyl (C=O) groups excluding carboxylic acids is 2. The summed E-state index contributed by atoms with van der Waals surface area (Å²) in [5.41, 5.74) is 4.85. The Kier molecular flexibility index (Phi) is 6.15. The molecule has 5 nitrogen and oxygen atoms in total. The van der Waals surface area contributed by atoms with Gasteiger partial charge in [-0.05, 0) is 38.4 Å². The number of likely N-dealkylation sites (tertiary alicyclic amines) is 2. The van der Waals surface area contributed by atoms with Gasteiger partial charge in [0, 0.05) is 19.6 Å². The number of rotatable bonds is 3. The summed E-state index contributed by atoms with van der Waals surface area (Å²) < 4.78 is 0. The van der Waals surface area contributed by atoms with Gasteiger partial charge in [-0.3, -0.25) is 9.59 Å². The fourth-order valence-electron chi connectivity index (χ4n) is 2.19. The Balaban J connectivity index is 0.000000437. The van der Waals surface area contributed by atoms with E-state index < -0.39 is 0 Å². The topological polar surface area (TPSA) is 66.6 Å². The maximum atomic E-state index is 11.1. The van der Waals surface area contributed by atoms with Crippen LogP contribution in [0, 0.1) is 5.92 Å². The summed E-state index contributed by atoms with van der Waals surface area (Å²) in [6.45, 7) is 7.70. The fraction of sp³-hybridized carbons (Fsp3) is 0.833. The van der Waals surface area contributed by atoms with E-state index in [0.29, 0.717) is 12.2 Å². The first-order valence-corrected chi connectivity index (χ1v) is 6.37. The zero-order chi connectivity index (χ0) is 12.7. The molecule has 0 spiro atoms. The van der Waals surface area contributed by atoms with Crippen LogP contribution in [0.4, 0.5) is 0 Å². The average molecular weight is 241 g/mol. The molecule has 2 N–H and O–H groups in total. The van der Waals surface area contributed by atoms with Gasteiger partial charge in [0.25, 0.3) is 5.91 Å². The maximum Gasteiger partial charge on any atom is 0.286 e. The third kappa shape index (κ3) is 4.44. The zero-order valence-corrected chi connectivity index (χ0v) is 10.6. The number of hydrogen-bond donors (Lipinski definition) is 1. The normalized spacial score (nSPS) is 23.6. The van der Waals surface area contributed by atoms with Crippen molar-refractivity contribution in [2.24, 2.45) is 11.7 Å². The molecule has 2 aliphatic heterocycles. The lowest BCUT2D eigenvalue weighted by Crippen LogP contribution is -2.41. The Morgan fingerprint density at radius 3 is 2.53 bits per heavy atom. The second kappa shape index (κ2) is 7.40. The van der Waals surface area contributed by atoms with Crippen molar-refractivity contribution in [2.45, 2.75) is 19.8 Å². The Morgan fingerprint density at radius 2 is 2.06 bits per heavy atom. The molecule has 1 amide bonds. The quantitative estimate of drug-likeness (QED) is 0.544. The van der Waals surface area contributed by atoms with Gasteiger partial charge in [-0.1, -0.05) is 6.92 Å². The van der Waals surface area contributed by atoms with Crippen LogP contribution in [-0.2, 0) is 9.59 Å². The molecular weight excluding hydrogens is 218 g/mol. The van der Waals surface area contributed by atoms with Crippen LogP contribution in [0.15, 0.2) is 0 Å². The van der Waals surface area contributed by atoms with Crippen LogP contribution in [0.25, 0.3) is 0 Å². The van der Waals surface area contributed by atoms with Gasteiger partial charge in [0.15, 0.2) is 0 Å². The lowest BCUT2D eigenvalue weighted by Gasteiger charge is -2.32. The third-order valence-electron chi connectivity index (χ3n) is 3.16. The molecule has 0 saturated carbocycles. The molecule has 2 rings (SSSR count). The van der Waals surface area contributed by atoms with Crippen LogP contribution in [0.3, 0.4) is 0 Å². The number of nitrogens with two attached hydrogens (primary N) is 1. The van der Waals surface area contributed by atoms with E-state index >= 15 is 0 Å². The predicted molar refractivity (Wildman–Crippen MR) is 66.5 cm³/mol. The monoisotopic (exact) mass is 241 g/mol. The van der Waals surface area contributed by atoms with Gasteiger partial charge in [0.2, 0.25) is 6.29 Å². The van der Waals surface area contributed by atoms with Crippen molar-refractivity contribution >= 4 is 12.2 Å². The minimum atomic E-state index is -0.351. The average Bonchev–Trinajstić information content (AvgIpc) is 2.72. The molecule has 2 fully saturated rings. The number of carbonyl (C=O) groups is 2. The number of aldehydes is 1. The Bertz CT molecular complexity index is 254. The van der Waals surface area contributed by atoms with Gasteiger partial charge in [-0.15, -0.1) is 0 Å². The molecule has 2 saturated heterocycles. The molecule has 0 aromatic heterocycles. The summed E-state index contributed by atoms with van der Waals surface area (Å²) in [7, 11) is 0. The molecule has 2 aliphatic rings. The highest BCUT2D eigenvalue weighted by molar-refractivity contribution is 6.23. The highest BCUT2D eigenvalue weighted by Crippen LogP contribution is 2.19. The molecule has 0 radical (unpaired) electrons. The first kappa shape index (κ1) is 14.1. The van der Waals surface area contributed by atoms with E-state index in [1.807, 2.05) is 6.92 Å². The molecule has 0 aliphatic carbocycles. The highest BCUT2D eigenvalue weighted by atomic mass is 16.2. The number of nitrogens with zero attached hydrogens (tertiary/aromatic N) is 2. The van der Waals surface area contributed by atoms with Crippen LogP contribution < -0.4 is 5.73 Å².